The van der Waals surface area contributed by atoms with Crippen LogP contribution in [-0.4, -0.2) is 27.8 Å². The first-order chi connectivity index (χ1) is 17.7. The maximum absolute atomic E-state index is 14.4. The zero-order valence-corrected chi connectivity index (χ0v) is 21.6. The Morgan fingerprint density at radius 3 is 2.35 bits per heavy atom. The number of amides is 2. The molecule has 2 amide bonds. The fraction of sp³-hybridized carbons (Fsp3) is 0.273. The fourth-order valence-electron chi connectivity index (χ4n) is 6.07. The van der Waals surface area contributed by atoms with Crippen LogP contribution in [0.25, 0.3) is 10.8 Å². The molecule has 4 nitrogen and oxygen atoms in total. The lowest BCUT2D eigenvalue weighted by Crippen LogP contribution is -2.55. The van der Waals surface area contributed by atoms with Crippen LogP contribution in [0.15, 0.2) is 108 Å². The van der Waals surface area contributed by atoms with Gasteiger partial charge in [-0.1, -0.05) is 97.1 Å². The molecule has 0 fully saturated rings. The van der Waals surface area contributed by atoms with E-state index in [1.165, 1.54) is 10.8 Å². The monoisotopic (exact) mass is 488 g/mol. The molecule has 0 radical (unpaired) electrons. The number of carbonyl (C=O) groups excluding carboxylic acids is 2. The molecule has 7 rings (SSSR count). The van der Waals surface area contributed by atoms with Gasteiger partial charge in [0.05, 0.1) is 0 Å². The predicted octanol–water partition coefficient (Wildman–Crippen LogP) is 6.06. The van der Waals surface area contributed by atoms with Gasteiger partial charge in [0.1, 0.15) is 11.6 Å². The van der Waals surface area contributed by atoms with Gasteiger partial charge in [-0.25, -0.2) is 0 Å². The molecule has 3 aliphatic carbocycles. The van der Waals surface area contributed by atoms with Gasteiger partial charge in [-0.2, -0.15) is 0 Å². The number of allylic oxidation sites excluding steroid dienone is 2. The molecule has 4 aliphatic rings. The van der Waals surface area contributed by atoms with Crippen molar-refractivity contribution >= 4 is 22.6 Å². The van der Waals surface area contributed by atoms with Gasteiger partial charge in [0.25, 0.3) is 5.91 Å². The summed E-state index contributed by atoms with van der Waals surface area (Å²) < 4.78 is 0. The number of nitrogens with zero attached hydrogens (tertiary/aromatic N) is 1. The van der Waals surface area contributed by atoms with Crippen LogP contribution in [0.2, 0.25) is 0 Å². The third kappa shape index (κ3) is 4.01. The predicted molar refractivity (Wildman–Crippen MR) is 148 cm³/mol. The lowest BCUT2D eigenvalue weighted by atomic mass is 9.71. The Morgan fingerprint density at radius 1 is 0.973 bits per heavy atom. The summed E-state index contributed by atoms with van der Waals surface area (Å²) in [5.74, 6) is 0.0648. The normalized spacial score (nSPS) is 23.1. The zero-order chi connectivity index (χ0) is 25.8. The largest absolute Gasteiger partial charge is 0.349 e. The molecule has 2 bridgehead atoms. The van der Waals surface area contributed by atoms with Crippen molar-refractivity contribution in [1.82, 2.24) is 10.2 Å². The third-order valence-corrected chi connectivity index (χ3v) is 7.67. The number of fused-ring (bicyclic) bond motifs is 1. The Morgan fingerprint density at radius 2 is 1.65 bits per heavy atom. The van der Waals surface area contributed by atoms with Crippen LogP contribution in [-0.2, 0) is 16.0 Å². The van der Waals surface area contributed by atoms with Gasteiger partial charge in [0.15, 0.2) is 0 Å². The van der Waals surface area contributed by atoms with E-state index in [-0.39, 0.29) is 17.7 Å². The summed E-state index contributed by atoms with van der Waals surface area (Å²) in [4.78, 5) is 30.1. The van der Waals surface area contributed by atoms with E-state index in [9.17, 15) is 9.59 Å². The van der Waals surface area contributed by atoms with Gasteiger partial charge in [0, 0.05) is 17.5 Å². The molecule has 0 saturated carbocycles. The molecule has 37 heavy (non-hydrogen) atoms. The molecular weight excluding hydrogens is 456 g/mol. The minimum Gasteiger partial charge on any atom is -0.349 e. The summed E-state index contributed by atoms with van der Waals surface area (Å²) in [5, 5.41) is 5.50. The Kier molecular flexibility index (Phi) is 5.45. The molecule has 1 atom stereocenters. The minimum atomic E-state index is -0.749. The van der Waals surface area contributed by atoms with Crippen molar-refractivity contribution in [2.75, 3.05) is 0 Å². The van der Waals surface area contributed by atoms with Crippen LogP contribution >= 0.6 is 0 Å². The Labute approximate surface area is 218 Å². The van der Waals surface area contributed by atoms with Crippen molar-refractivity contribution in [2.24, 2.45) is 5.92 Å². The van der Waals surface area contributed by atoms with E-state index >= 15 is 0 Å². The number of nitrogens with one attached hydrogen (secondary N) is 1. The highest BCUT2D eigenvalue weighted by Gasteiger charge is 2.55. The second kappa shape index (κ2) is 8.58. The van der Waals surface area contributed by atoms with Crippen molar-refractivity contribution in [3.8, 4) is 0 Å². The summed E-state index contributed by atoms with van der Waals surface area (Å²) in [7, 11) is 0. The highest BCUT2D eigenvalue weighted by atomic mass is 16.2. The van der Waals surface area contributed by atoms with Crippen LogP contribution in [0, 0.1) is 5.92 Å². The third-order valence-electron chi connectivity index (χ3n) is 7.67. The van der Waals surface area contributed by atoms with Gasteiger partial charge in [-0.15, -0.1) is 0 Å². The van der Waals surface area contributed by atoms with Crippen LogP contribution in [0.5, 0.6) is 0 Å². The van der Waals surface area contributed by atoms with Crippen LogP contribution in [0.3, 0.4) is 0 Å². The van der Waals surface area contributed by atoms with Crippen molar-refractivity contribution in [3.05, 3.63) is 119 Å². The van der Waals surface area contributed by atoms with Crippen LogP contribution in [0.1, 0.15) is 44.4 Å². The molecule has 1 spiro atoms. The molecular formula is C33H32N2O2. The molecule has 1 N–H and O–H groups in total. The summed E-state index contributed by atoms with van der Waals surface area (Å²) in [6, 6.07) is 23.6. The summed E-state index contributed by atoms with van der Waals surface area (Å²) in [6.45, 7) is 5.91. The van der Waals surface area contributed by atoms with E-state index in [4.69, 9.17) is 0 Å². The minimum absolute atomic E-state index is 0.0575. The SMILES string of the molecule is CC(C)(C)NC(=O)C(c1ccccc1)N1C(=O)C(Cc2ccc3ccccc3c2)=C2CC3C=CC21C=C3. The maximum atomic E-state index is 14.4. The second-order valence-electron chi connectivity index (χ2n) is 11.5. The molecule has 4 heteroatoms. The van der Waals surface area contributed by atoms with Crippen molar-refractivity contribution in [1.29, 1.82) is 0 Å². The van der Waals surface area contributed by atoms with E-state index < -0.39 is 17.1 Å². The summed E-state index contributed by atoms with van der Waals surface area (Å²) >= 11 is 0. The molecule has 3 aromatic carbocycles. The Balaban J connectivity index is 1.46. The van der Waals surface area contributed by atoms with Gasteiger partial charge < -0.3 is 10.2 Å². The molecule has 0 saturated heterocycles. The first-order valence-corrected chi connectivity index (χ1v) is 13.0. The molecule has 1 heterocycles. The molecule has 0 aromatic heterocycles. The second-order valence-corrected chi connectivity index (χ2v) is 11.5. The Bertz CT molecular complexity index is 1480. The van der Waals surface area contributed by atoms with Gasteiger partial charge in [-0.3, -0.25) is 9.59 Å². The summed E-state index contributed by atoms with van der Waals surface area (Å²) in [5.41, 5.74) is 2.73. The van der Waals surface area contributed by atoms with Crippen LogP contribution in [0.4, 0.5) is 0 Å². The zero-order valence-electron chi connectivity index (χ0n) is 21.6. The average molecular weight is 489 g/mol. The summed E-state index contributed by atoms with van der Waals surface area (Å²) in [6.07, 6.45) is 10.0. The molecule has 186 valence electrons. The van der Waals surface area contributed by atoms with E-state index in [1.54, 1.807) is 0 Å². The number of hydrogen-bond donors (Lipinski definition) is 1. The molecule has 1 aliphatic heterocycles. The Hall–Kier alpha value is -3.92. The van der Waals surface area contributed by atoms with Gasteiger partial charge in [-0.05, 0) is 60.6 Å². The maximum Gasteiger partial charge on any atom is 0.252 e. The van der Waals surface area contributed by atoms with Crippen molar-refractivity contribution < 1.29 is 9.59 Å². The molecule has 1 unspecified atom stereocenters. The van der Waals surface area contributed by atoms with Crippen LogP contribution < -0.4 is 5.32 Å². The first-order valence-electron chi connectivity index (χ1n) is 13.0. The number of hydrogen-bond acceptors (Lipinski definition) is 2. The smallest absolute Gasteiger partial charge is 0.252 e. The fourth-order valence-corrected chi connectivity index (χ4v) is 6.07. The standard InChI is InChI=1S/C33H32N2O2/c1-32(2,3)34-30(36)29(25-10-5-4-6-11-25)35-31(37)27(28-21-22-15-17-33(28,35)18-16-22)20-23-13-14-24-9-7-8-12-26(24)19-23/h4-19,22,29H,20-21H2,1-3H3,(H,34,36). The van der Waals surface area contributed by atoms with E-state index in [0.29, 0.717) is 6.42 Å². The van der Waals surface area contributed by atoms with E-state index in [0.717, 1.165) is 28.7 Å². The lowest BCUT2D eigenvalue weighted by Gasteiger charge is -2.46. The molecule has 3 aromatic rings. The van der Waals surface area contributed by atoms with Gasteiger partial charge in [0.2, 0.25) is 5.91 Å². The van der Waals surface area contributed by atoms with E-state index in [2.05, 4.69) is 60.0 Å². The van der Waals surface area contributed by atoms with Gasteiger partial charge >= 0.3 is 0 Å². The lowest BCUT2D eigenvalue weighted by molar-refractivity contribution is -0.140. The highest BCUT2D eigenvalue weighted by molar-refractivity contribution is 6.04. The number of rotatable bonds is 5. The number of carbonyl (C=O) groups is 2. The number of benzene rings is 3. The topological polar surface area (TPSA) is 49.4 Å². The quantitative estimate of drug-likeness (QED) is 0.444. The average Bonchev–Trinajstić information content (AvgIpc) is 3.12. The highest BCUT2D eigenvalue weighted by Crippen LogP contribution is 2.52. The van der Waals surface area contributed by atoms with Crippen molar-refractivity contribution in [2.45, 2.75) is 50.7 Å². The van der Waals surface area contributed by atoms with Crippen molar-refractivity contribution in [3.63, 3.8) is 0 Å². The first kappa shape index (κ1) is 23.5. The van der Waals surface area contributed by atoms with E-state index in [1.807, 2.05) is 68.1 Å².